The summed E-state index contributed by atoms with van der Waals surface area (Å²) in [6, 6.07) is 17.4. The maximum absolute atomic E-state index is 13.4. The highest BCUT2D eigenvalue weighted by atomic mass is 19.1. The smallest absolute Gasteiger partial charge is 0.270 e. The van der Waals surface area contributed by atoms with Gasteiger partial charge in [0.1, 0.15) is 11.5 Å². The number of carbonyl (C=O) groups excluding carboxylic acids is 1. The summed E-state index contributed by atoms with van der Waals surface area (Å²) in [5, 5.41) is 2.84. The van der Waals surface area contributed by atoms with Crippen LogP contribution in [0.4, 0.5) is 4.39 Å². The van der Waals surface area contributed by atoms with Crippen LogP contribution in [0.1, 0.15) is 21.7 Å². The number of rotatable bonds is 5. The van der Waals surface area contributed by atoms with Gasteiger partial charge < -0.3 is 5.32 Å². The summed E-state index contributed by atoms with van der Waals surface area (Å²) in [5.41, 5.74) is 5.43. The number of hydrogen-bond acceptors (Lipinski definition) is 4. The molecule has 0 radical (unpaired) electrons. The lowest BCUT2D eigenvalue weighted by molar-refractivity contribution is 0.0946. The molecule has 5 nitrogen and oxygen atoms in total. The lowest BCUT2D eigenvalue weighted by atomic mass is 10.1. The Labute approximate surface area is 173 Å². The second kappa shape index (κ2) is 8.61. The molecule has 0 atom stereocenters. The molecule has 0 saturated heterocycles. The first-order valence-corrected chi connectivity index (χ1v) is 9.47. The van der Waals surface area contributed by atoms with Crippen LogP contribution in [-0.4, -0.2) is 20.9 Å². The van der Waals surface area contributed by atoms with Crippen molar-refractivity contribution in [1.82, 2.24) is 20.3 Å². The van der Waals surface area contributed by atoms with Crippen LogP contribution in [0.15, 0.2) is 79.3 Å². The van der Waals surface area contributed by atoms with Crippen molar-refractivity contribution in [2.24, 2.45) is 0 Å². The molecule has 0 fully saturated rings. The van der Waals surface area contributed by atoms with Crippen molar-refractivity contribution in [3.05, 3.63) is 102 Å². The van der Waals surface area contributed by atoms with E-state index in [0.717, 1.165) is 28.1 Å². The molecule has 0 saturated carbocycles. The lowest BCUT2D eigenvalue weighted by Gasteiger charge is -2.07. The van der Waals surface area contributed by atoms with Crippen LogP contribution in [0.2, 0.25) is 0 Å². The number of halogens is 1. The fourth-order valence-corrected chi connectivity index (χ4v) is 3.04. The van der Waals surface area contributed by atoms with Crippen LogP contribution in [-0.2, 0) is 6.54 Å². The molecule has 1 aromatic carbocycles. The van der Waals surface area contributed by atoms with Crippen molar-refractivity contribution in [2.45, 2.75) is 13.5 Å². The van der Waals surface area contributed by atoms with E-state index in [4.69, 9.17) is 0 Å². The average molecular weight is 398 g/mol. The van der Waals surface area contributed by atoms with Gasteiger partial charge in [0.15, 0.2) is 0 Å². The Morgan fingerprint density at radius 1 is 0.900 bits per heavy atom. The summed E-state index contributed by atoms with van der Waals surface area (Å²) >= 11 is 0. The zero-order chi connectivity index (χ0) is 20.9. The highest BCUT2D eigenvalue weighted by Gasteiger charge is 2.08. The van der Waals surface area contributed by atoms with E-state index in [1.54, 1.807) is 42.9 Å². The molecular weight excluding hydrogens is 379 g/mol. The average Bonchev–Trinajstić information content (AvgIpc) is 2.78. The van der Waals surface area contributed by atoms with E-state index in [1.807, 2.05) is 31.2 Å². The van der Waals surface area contributed by atoms with Crippen LogP contribution >= 0.6 is 0 Å². The van der Waals surface area contributed by atoms with Crippen molar-refractivity contribution >= 4 is 5.91 Å². The second-order valence-corrected chi connectivity index (χ2v) is 6.86. The van der Waals surface area contributed by atoms with Gasteiger partial charge in [0.05, 0.1) is 5.69 Å². The molecule has 0 aliphatic rings. The Bertz CT molecular complexity index is 1170. The van der Waals surface area contributed by atoms with Gasteiger partial charge in [-0.05, 0) is 54.4 Å². The Kier molecular flexibility index (Phi) is 5.57. The highest BCUT2D eigenvalue weighted by Crippen LogP contribution is 2.19. The topological polar surface area (TPSA) is 67.8 Å². The predicted octanol–water partition coefficient (Wildman–Crippen LogP) is 4.58. The van der Waals surface area contributed by atoms with Crippen LogP contribution in [0, 0.1) is 12.7 Å². The second-order valence-electron chi connectivity index (χ2n) is 6.86. The molecule has 30 heavy (non-hydrogen) atoms. The molecule has 1 amide bonds. The quantitative estimate of drug-likeness (QED) is 0.534. The van der Waals surface area contributed by atoms with Gasteiger partial charge in [-0.3, -0.25) is 19.7 Å². The first-order chi connectivity index (χ1) is 14.6. The first-order valence-electron chi connectivity index (χ1n) is 9.47. The molecular formula is C24H19FN4O. The zero-order valence-corrected chi connectivity index (χ0v) is 16.3. The number of carbonyl (C=O) groups is 1. The van der Waals surface area contributed by atoms with E-state index >= 15 is 0 Å². The standard InChI is InChI=1S/C24H19FN4O/c1-16-11-19(9-10-26-16)22-7-5-17(13-27-22)14-29-24(30)23-8-6-20(15-28-23)18-3-2-4-21(25)12-18/h2-13,15H,14H2,1H3,(H,29,30). The maximum atomic E-state index is 13.4. The minimum absolute atomic E-state index is 0.283. The fraction of sp³-hybridized carbons (Fsp3) is 0.0833. The van der Waals surface area contributed by atoms with Crippen molar-refractivity contribution < 1.29 is 9.18 Å². The molecule has 3 heterocycles. The van der Waals surface area contributed by atoms with Gasteiger partial charge in [-0.15, -0.1) is 0 Å². The molecule has 0 bridgehead atoms. The zero-order valence-electron chi connectivity index (χ0n) is 16.3. The molecule has 0 aliphatic carbocycles. The number of aromatic nitrogens is 3. The van der Waals surface area contributed by atoms with Crippen molar-refractivity contribution in [3.63, 3.8) is 0 Å². The molecule has 4 rings (SSSR count). The third-order valence-corrected chi connectivity index (χ3v) is 4.62. The van der Waals surface area contributed by atoms with Crippen molar-refractivity contribution in [2.75, 3.05) is 0 Å². The Hall–Kier alpha value is -3.93. The number of aryl methyl sites for hydroxylation is 1. The molecule has 1 N–H and O–H groups in total. The molecule has 3 aromatic heterocycles. The monoisotopic (exact) mass is 398 g/mol. The number of pyridine rings is 3. The van der Waals surface area contributed by atoms with Crippen LogP contribution in [0.3, 0.4) is 0 Å². The van der Waals surface area contributed by atoms with Gasteiger partial charge in [-0.2, -0.15) is 0 Å². The largest absolute Gasteiger partial charge is 0.347 e. The van der Waals surface area contributed by atoms with E-state index in [2.05, 4.69) is 20.3 Å². The first kappa shape index (κ1) is 19.4. The van der Waals surface area contributed by atoms with Crippen LogP contribution < -0.4 is 5.32 Å². The fourth-order valence-electron chi connectivity index (χ4n) is 3.04. The van der Waals surface area contributed by atoms with E-state index < -0.39 is 0 Å². The maximum Gasteiger partial charge on any atom is 0.270 e. The summed E-state index contributed by atoms with van der Waals surface area (Å²) < 4.78 is 13.4. The van der Waals surface area contributed by atoms with E-state index in [-0.39, 0.29) is 11.7 Å². The van der Waals surface area contributed by atoms with Crippen LogP contribution in [0.25, 0.3) is 22.4 Å². The van der Waals surface area contributed by atoms with Crippen molar-refractivity contribution in [3.8, 4) is 22.4 Å². The van der Waals surface area contributed by atoms with Crippen molar-refractivity contribution in [1.29, 1.82) is 0 Å². The third kappa shape index (κ3) is 4.55. The molecule has 6 heteroatoms. The Balaban J connectivity index is 1.38. The van der Waals surface area contributed by atoms with E-state index in [9.17, 15) is 9.18 Å². The third-order valence-electron chi connectivity index (χ3n) is 4.62. The van der Waals surface area contributed by atoms with E-state index in [1.165, 1.54) is 12.1 Å². The summed E-state index contributed by atoms with van der Waals surface area (Å²) in [6.07, 6.45) is 5.07. The summed E-state index contributed by atoms with van der Waals surface area (Å²) in [7, 11) is 0. The Morgan fingerprint density at radius 2 is 1.80 bits per heavy atom. The molecule has 0 unspecified atom stereocenters. The van der Waals surface area contributed by atoms with Gasteiger partial charge in [-0.1, -0.05) is 24.3 Å². The lowest BCUT2D eigenvalue weighted by Crippen LogP contribution is -2.23. The number of benzene rings is 1. The molecule has 4 aromatic rings. The van der Waals surface area contributed by atoms with Gasteiger partial charge in [-0.25, -0.2) is 4.39 Å². The molecule has 0 aliphatic heterocycles. The summed E-state index contributed by atoms with van der Waals surface area (Å²) in [5.74, 6) is -0.595. The SMILES string of the molecule is Cc1cc(-c2ccc(CNC(=O)c3ccc(-c4cccc(F)c4)cn3)cn2)ccn1. The summed E-state index contributed by atoms with van der Waals surface area (Å²) in [6.45, 7) is 2.28. The number of amides is 1. The molecule has 148 valence electrons. The van der Waals surface area contributed by atoms with Gasteiger partial charge in [0, 0.05) is 42.0 Å². The summed E-state index contributed by atoms with van der Waals surface area (Å²) in [4.78, 5) is 25.2. The highest BCUT2D eigenvalue weighted by molar-refractivity contribution is 5.92. The number of nitrogens with one attached hydrogen (secondary N) is 1. The minimum atomic E-state index is -0.312. The predicted molar refractivity (Wildman–Crippen MR) is 113 cm³/mol. The normalized spacial score (nSPS) is 10.6. The number of nitrogens with zero attached hydrogens (tertiary/aromatic N) is 3. The van der Waals surface area contributed by atoms with Gasteiger partial charge in [0.25, 0.3) is 5.91 Å². The number of hydrogen-bond donors (Lipinski definition) is 1. The Morgan fingerprint density at radius 3 is 2.50 bits per heavy atom. The molecule has 0 spiro atoms. The van der Waals surface area contributed by atoms with Crippen LogP contribution in [0.5, 0.6) is 0 Å². The van der Waals surface area contributed by atoms with Gasteiger partial charge >= 0.3 is 0 Å². The minimum Gasteiger partial charge on any atom is -0.347 e. The van der Waals surface area contributed by atoms with E-state index in [0.29, 0.717) is 17.8 Å². The van der Waals surface area contributed by atoms with Gasteiger partial charge in [0.2, 0.25) is 0 Å².